The largest absolute Gasteiger partial charge is 0.389 e. The Morgan fingerprint density at radius 1 is 0.793 bits per heavy atom. The van der Waals surface area contributed by atoms with Crippen LogP contribution in [0.3, 0.4) is 0 Å². The van der Waals surface area contributed by atoms with E-state index in [0.717, 1.165) is 19.5 Å². The molecule has 1 aromatic rings. The van der Waals surface area contributed by atoms with Crippen molar-refractivity contribution in [2.75, 3.05) is 39.3 Å². The van der Waals surface area contributed by atoms with Crippen molar-refractivity contribution in [2.24, 2.45) is 11.8 Å². The highest BCUT2D eigenvalue weighted by atomic mass is 16.3. The van der Waals surface area contributed by atoms with Gasteiger partial charge in [0.25, 0.3) is 0 Å². The lowest BCUT2D eigenvalue weighted by atomic mass is 9.65. The van der Waals surface area contributed by atoms with Crippen molar-refractivity contribution in [2.45, 2.75) is 76.7 Å². The van der Waals surface area contributed by atoms with E-state index in [1.807, 2.05) is 0 Å². The molecule has 29 heavy (non-hydrogen) atoms. The van der Waals surface area contributed by atoms with E-state index in [2.05, 4.69) is 41.0 Å². The first-order valence-corrected chi connectivity index (χ1v) is 12.4. The molecule has 3 heteroatoms. The minimum absolute atomic E-state index is 0.406. The molecule has 2 unspecified atom stereocenters. The standard InChI is InChI=1S/C26H42N2O/c1-22-11-4-5-12-23(22)19-26(29)24(20-27-15-6-2-7-16-27)13-10-14-25(26)21-28-17-8-3-9-18-28/h4-5,11-12,24-25,29H,2-3,6-10,13-21H2,1H3. The molecule has 3 aliphatic rings. The van der Waals surface area contributed by atoms with Crippen LogP contribution in [0.15, 0.2) is 24.3 Å². The van der Waals surface area contributed by atoms with Crippen LogP contribution in [0.1, 0.15) is 68.9 Å². The normalized spacial score (nSPS) is 32.3. The number of hydrogen-bond donors (Lipinski definition) is 1. The summed E-state index contributed by atoms with van der Waals surface area (Å²) in [4.78, 5) is 5.31. The second-order valence-corrected chi connectivity index (χ2v) is 10.1. The number of likely N-dealkylation sites (tertiary alicyclic amines) is 2. The molecule has 0 radical (unpaired) electrons. The minimum Gasteiger partial charge on any atom is -0.389 e. The number of hydrogen-bond acceptors (Lipinski definition) is 3. The predicted molar refractivity (Wildman–Crippen MR) is 121 cm³/mol. The summed E-state index contributed by atoms with van der Waals surface area (Å²) in [5.41, 5.74) is 2.11. The van der Waals surface area contributed by atoms with E-state index in [4.69, 9.17) is 0 Å². The third kappa shape index (κ3) is 5.24. The van der Waals surface area contributed by atoms with Gasteiger partial charge in [0, 0.05) is 31.3 Å². The third-order valence-corrected chi connectivity index (χ3v) is 8.11. The number of rotatable bonds is 6. The van der Waals surface area contributed by atoms with Crippen LogP contribution >= 0.6 is 0 Å². The predicted octanol–water partition coefficient (Wildman–Crippen LogP) is 4.66. The molecule has 3 fully saturated rings. The summed E-state index contributed by atoms with van der Waals surface area (Å²) in [6, 6.07) is 8.73. The molecule has 1 aliphatic carbocycles. The molecule has 1 aromatic carbocycles. The lowest BCUT2D eigenvalue weighted by Crippen LogP contribution is -2.57. The molecule has 2 aliphatic heterocycles. The number of nitrogens with zero attached hydrogens (tertiary/aromatic N) is 2. The summed E-state index contributed by atoms with van der Waals surface area (Å²) in [5, 5.41) is 12.4. The number of aryl methyl sites for hydroxylation is 1. The molecule has 0 bridgehead atoms. The Bertz CT molecular complexity index is 605. The molecule has 162 valence electrons. The maximum absolute atomic E-state index is 12.4. The summed E-state index contributed by atoms with van der Waals surface area (Å²) in [7, 11) is 0. The zero-order chi connectivity index (χ0) is 20.1. The highest BCUT2D eigenvalue weighted by Crippen LogP contribution is 2.42. The van der Waals surface area contributed by atoms with Crippen molar-refractivity contribution in [3.63, 3.8) is 0 Å². The second-order valence-electron chi connectivity index (χ2n) is 10.1. The molecule has 0 aromatic heterocycles. The SMILES string of the molecule is Cc1ccccc1CC1(O)C(CN2CCCCC2)CCCC1CN1CCCCC1. The lowest BCUT2D eigenvalue weighted by molar-refractivity contribution is -0.112. The first kappa shape index (κ1) is 21.3. The van der Waals surface area contributed by atoms with Crippen molar-refractivity contribution in [1.29, 1.82) is 0 Å². The fourth-order valence-corrected chi connectivity index (χ4v) is 6.25. The zero-order valence-electron chi connectivity index (χ0n) is 18.6. The molecule has 1 N–H and O–H groups in total. The van der Waals surface area contributed by atoms with E-state index in [9.17, 15) is 5.11 Å². The van der Waals surface area contributed by atoms with Crippen LogP contribution in [-0.4, -0.2) is 59.8 Å². The van der Waals surface area contributed by atoms with Gasteiger partial charge in [-0.2, -0.15) is 0 Å². The lowest BCUT2D eigenvalue weighted by Gasteiger charge is -2.50. The number of benzene rings is 1. The van der Waals surface area contributed by atoms with Gasteiger partial charge in [-0.3, -0.25) is 0 Å². The Kier molecular flexibility index (Phi) is 7.31. The van der Waals surface area contributed by atoms with Gasteiger partial charge in [-0.15, -0.1) is 0 Å². The van der Waals surface area contributed by atoms with Crippen molar-refractivity contribution in [3.05, 3.63) is 35.4 Å². The van der Waals surface area contributed by atoms with Gasteiger partial charge in [-0.25, -0.2) is 0 Å². The zero-order valence-corrected chi connectivity index (χ0v) is 18.6. The molecular weight excluding hydrogens is 356 g/mol. The highest BCUT2D eigenvalue weighted by molar-refractivity contribution is 5.28. The number of aliphatic hydroxyl groups is 1. The summed E-state index contributed by atoms with van der Waals surface area (Å²) < 4.78 is 0. The first-order chi connectivity index (χ1) is 14.1. The highest BCUT2D eigenvalue weighted by Gasteiger charge is 2.47. The van der Waals surface area contributed by atoms with E-state index in [-0.39, 0.29) is 0 Å². The monoisotopic (exact) mass is 398 g/mol. The van der Waals surface area contributed by atoms with Crippen LogP contribution in [-0.2, 0) is 6.42 Å². The van der Waals surface area contributed by atoms with Crippen LogP contribution in [0.5, 0.6) is 0 Å². The average molecular weight is 399 g/mol. The van der Waals surface area contributed by atoms with E-state index >= 15 is 0 Å². The van der Waals surface area contributed by atoms with Gasteiger partial charge in [0.05, 0.1) is 5.60 Å². The smallest absolute Gasteiger partial charge is 0.0768 e. The van der Waals surface area contributed by atoms with E-state index < -0.39 is 5.60 Å². The Balaban J connectivity index is 1.55. The van der Waals surface area contributed by atoms with Crippen molar-refractivity contribution < 1.29 is 5.11 Å². The van der Waals surface area contributed by atoms with Gasteiger partial charge in [0.1, 0.15) is 0 Å². The summed E-state index contributed by atoms with van der Waals surface area (Å²) in [5.74, 6) is 0.812. The van der Waals surface area contributed by atoms with Crippen molar-refractivity contribution in [3.8, 4) is 0 Å². The number of piperidine rings is 2. The minimum atomic E-state index is -0.570. The molecule has 0 amide bonds. The molecule has 1 saturated carbocycles. The maximum Gasteiger partial charge on any atom is 0.0768 e. The Morgan fingerprint density at radius 3 is 1.83 bits per heavy atom. The Morgan fingerprint density at radius 2 is 1.31 bits per heavy atom. The third-order valence-electron chi connectivity index (χ3n) is 8.11. The van der Waals surface area contributed by atoms with E-state index in [0.29, 0.717) is 11.8 Å². The van der Waals surface area contributed by atoms with Gasteiger partial charge in [-0.1, -0.05) is 43.5 Å². The average Bonchev–Trinajstić information content (AvgIpc) is 2.74. The van der Waals surface area contributed by atoms with Gasteiger partial charge >= 0.3 is 0 Å². The van der Waals surface area contributed by atoms with E-state index in [1.165, 1.54) is 95.1 Å². The van der Waals surface area contributed by atoms with Crippen LogP contribution in [0.4, 0.5) is 0 Å². The van der Waals surface area contributed by atoms with Gasteiger partial charge in [-0.05, 0) is 82.8 Å². The van der Waals surface area contributed by atoms with Crippen LogP contribution < -0.4 is 0 Å². The van der Waals surface area contributed by atoms with Gasteiger partial charge in [0.2, 0.25) is 0 Å². The second kappa shape index (κ2) is 9.94. The quantitative estimate of drug-likeness (QED) is 0.755. The Hall–Kier alpha value is -0.900. The van der Waals surface area contributed by atoms with Crippen molar-refractivity contribution >= 4 is 0 Å². The summed E-state index contributed by atoms with van der Waals surface area (Å²) in [6.07, 6.45) is 12.6. The van der Waals surface area contributed by atoms with Gasteiger partial charge in [0.15, 0.2) is 0 Å². The molecule has 3 nitrogen and oxygen atoms in total. The van der Waals surface area contributed by atoms with Crippen molar-refractivity contribution in [1.82, 2.24) is 9.80 Å². The Labute approximate surface area is 178 Å². The summed E-state index contributed by atoms with van der Waals surface area (Å²) in [6.45, 7) is 9.32. The van der Waals surface area contributed by atoms with Crippen LogP contribution in [0.25, 0.3) is 0 Å². The molecule has 4 rings (SSSR count). The summed E-state index contributed by atoms with van der Waals surface area (Å²) >= 11 is 0. The molecule has 2 atom stereocenters. The topological polar surface area (TPSA) is 26.7 Å². The molecular formula is C26H42N2O. The fraction of sp³-hybridized carbons (Fsp3) is 0.769. The van der Waals surface area contributed by atoms with Crippen LogP contribution in [0, 0.1) is 18.8 Å². The van der Waals surface area contributed by atoms with Crippen LogP contribution in [0.2, 0.25) is 0 Å². The van der Waals surface area contributed by atoms with E-state index in [1.54, 1.807) is 0 Å². The first-order valence-electron chi connectivity index (χ1n) is 12.4. The molecule has 2 saturated heterocycles. The van der Waals surface area contributed by atoms with Gasteiger partial charge < -0.3 is 14.9 Å². The molecule has 2 heterocycles. The molecule has 0 spiro atoms. The fourth-order valence-electron chi connectivity index (χ4n) is 6.25. The maximum atomic E-state index is 12.4.